The van der Waals surface area contributed by atoms with Crippen LogP contribution in [0.1, 0.15) is 31.9 Å². The van der Waals surface area contributed by atoms with E-state index in [1.165, 1.54) is 12.1 Å². The smallest absolute Gasteiger partial charge is 0.239 e. The third kappa shape index (κ3) is 4.68. The zero-order valence-corrected chi connectivity index (χ0v) is 15.3. The van der Waals surface area contributed by atoms with Gasteiger partial charge in [-0.3, -0.25) is 4.79 Å². The van der Waals surface area contributed by atoms with Crippen molar-refractivity contribution in [1.82, 2.24) is 0 Å². The van der Waals surface area contributed by atoms with E-state index >= 15 is 0 Å². The highest BCUT2D eigenvalue weighted by Crippen LogP contribution is 2.23. The summed E-state index contributed by atoms with van der Waals surface area (Å²) in [4.78, 5) is 12.2. The van der Waals surface area contributed by atoms with E-state index in [4.69, 9.17) is 0 Å². The monoisotopic (exact) mass is 345 g/mol. The Kier molecular flexibility index (Phi) is 5.13. The zero-order valence-electron chi connectivity index (χ0n) is 14.5. The molecule has 2 rings (SSSR count). The van der Waals surface area contributed by atoms with Crippen molar-refractivity contribution in [3.8, 4) is 0 Å². The lowest BCUT2D eigenvalue weighted by molar-refractivity contribution is -0.113. The van der Waals surface area contributed by atoms with Gasteiger partial charge in [0.15, 0.2) is 9.84 Å². The van der Waals surface area contributed by atoms with Crippen molar-refractivity contribution in [3.05, 3.63) is 59.7 Å². The second-order valence-electron chi connectivity index (χ2n) is 6.95. The predicted molar refractivity (Wildman–Crippen MR) is 97.0 cm³/mol. The van der Waals surface area contributed by atoms with Crippen molar-refractivity contribution in [3.63, 3.8) is 0 Å². The molecule has 0 saturated carbocycles. The van der Waals surface area contributed by atoms with Crippen LogP contribution in [0.4, 0.5) is 5.69 Å². The van der Waals surface area contributed by atoms with Crippen LogP contribution in [0, 0.1) is 6.92 Å². The van der Waals surface area contributed by atoms with E-state index in [1.807, 2.05) is 19.1 Å². The Labute approximate surface area is 143 Å². The summed E-state index contributed by atoms with van der Waals surface area (Å²) in [5.41, 5.74) is 2.73. The number of amides is 1. The molecule has 0 atom stereocenters. The molecule has 0 unspecified atom stereocenters. The van der Waals surface area contributed by atoms with Gasteiger partial charge in [0, 0.05) is 5.69 Å². The van der Waals surface area contributed by atoms with Crippen molar-refractivity contribution in [2.45, 2.75) is 38.0 Å². The van der Waals surface area contributed by atoms with Gasteiger partial charge >= 0.3 is 0 Å². The summed E-state index contributed by atoms with van der Waals surface area (Å²) in [5, 5.41) is 2.64. The lowest BCUT2D eigenvalue weighted by Crippen LogP contribution is -2.23. The van der Waals surface area contributed by atoms with Gasteiger partial charge in [-0.05, 0) is 42.2 Å². The molecule has 2 aromatic carbocycles. The molecule has 0 aliphatic rings. The normalized spacial score (nSPS) is 12.0. The Balaban J connectivity index is 2.06. The summed E-state index contributed by atoms with van der Waals surface area (Å²) in [6.45, 7) is 8.20. The van der Waals surface area contributed by atoms with Crippen LogP contribution in [-0.4, -0.2) is 20.1 Å². The van der Waals surface area contributed by atoms with E-state index in [1.54, 1.807) is 24.3 Å². The molecule has 0 saturated heterocycles. The first kappa shape index (κ1) is 18.2. The second-order valence-corrected chi connectivity index (χ2v) is 8.94. The summed E-state index contributed by atoms with van der Waals surface area (Å²) >= 11 is 0. The zero-order chi connectivity index (χ0) is 18.0. The first-order valence-electron chi connectivity index (χ1n) is 7.78. The topological polar surface area (TPSA) is 63.2 Å². The Morgan fingerprint density at radius 3 is 2.00 bits per heavy atom. The second kappa shape index (κ2) is 6.77. The van der Waals surface area contributed by atoms with Crippen LogP contribution in [0.25, 0.3) is 0 Å². The average molecular weight is 345 g/mol. The summed E-state index contributed by atoms with van der Waals surface area (Å²) in [6, 6.07) is 13.9. The van der Waals surface area contributed by atoms with E-state index in [0.29, 0.717) is 5.69 Å². The van der Waals surface area contributed by atoms with E-state index in [2.05, 4.69) is 26.1 Å². The van der Waals surface area contributed by atoms with Gasteiger partial charge in [0.2, 0.25) is 5.91 Å². The number of benzene rings is 2. The molecular weight excluding hydrogens is 322 g/mol. The molecule has 0 radical (unpaired) electrons. The summed E-state index contributed by atoms with van der Waals surface area (Å²) in [7, 11) is -3.64. The van der Waals surface area contributed by atoms with Crippen molar-refractivity contribution in [2.75, 3.05) is 11.1 Å². The quantitative estimate of drug-likeness (QED) is 0.919. The molecule has 0 aliphatic heterocycles. The average Bonchev–Trinajstić information content (AvgIpc) is 2.46. The summed E-state index contributed by atoms with van der Waals surface area (Å²) in [5.74, 6) is -1.11. The third-order valence-electron chi connectivity index (χ3n) is 3.74. The number of carbonyl (C=O) groups is 1. The molecule has 0 bridgehead atoms. The van der Waals surface area contributed by atoms with Gasteiger partial charge in [-0.25, -0.2) is 8.42 Å². The van der Waals surface area contributed by atoms with Crippen LogP contribution in [-0.2, 0) is 20.0 Å². The number of nitrogens with one attached hydrogen (secondary N) is 1. The fourth-order valence-electron chi connectivity index (χ4n) is 2.25. The number of anilines is 1. The molecule has 128 valence electrons. The van der Waals surface area contributed by atoms with E-state index < -0.39 is 21.5 Å². The number of sulfone groups is 1. The Bertz CT molecular complexity index is 814. The van der Waals surface area contributed by atoms with Gasteiger partial charge in [0.25, 0.3) is 0 Å². The SMILES string of the molecule is Cc1ccc(S(=O)(=O)CC(=O)Nc2ccc(C(C)(C)C)cc2)cc1. The van der Waals surface area contributed by atoms with Crippen molar-refractivity contribution >= 4 is 21.4 Å². The van der Waals surface area contributed by atoms with Crippen LogP contribution in [0.2, 0.25) is 0 Å². The molecule has 2 aromatic rings. The Hall–Kier alpha value is -2.14. The van der Waals surface area contributed by atoms with Crippen LogP contribution in [0.3, 0.4) is 0 Å². The van der Waals surface area contributed by atoms with Crippen molar-refractivity contribution < 1.29 is 13.2 Å². The lowest BCUT2D eigenvalue weighted by Gasteiger charge is -2.19. The minimum atomic E-state index is -3.64. The van der Waals surface area contributed by atoms with Gasteiger partial charge in [0.1, 0.15) is 5.75 Å². The lowest BCUT2D eigenvalue weighted by atomic mass is 9.87. The number of aryl methyl sites for hydroxylation is 1. The minimum Gasteiger partial charge on any atom is -0.325 e. The van der Waals surface area contributed by atoms with Gasteiger partial charge in [-0.15, -0.1) is 0 Å². The largest absolute Gasteiger partial charge is 0.325 e. The molecule has 24 heavy (non-hydrogen) atoms. The van der Waals surface area contributed by atoms with Gasteiger partial charge in [-0.1, -0.05) is 50.6 Å². The van der Waals surface area contributed by atoms with Crippen LogP contribution in [0.15, 0.2) is 53.4 Å². The standard InChI is InChI=1S/C19H23NO3S/c1-14-5-11-17(12-6-14)24(22,23)13-18(21)20-16-9-7-15(8-10-16)19(2,3)4/h5-12H,13H2,1-4H3,(H,20,21). The van der Waals surface area contributed by atoms with E-state index in [0.717, 1.165) is 11.1 Å². The molecule has 0 aromatic heterocycles. The highest BCUT2D eigenvalue weighted by molar-refractivity contribution is 7.92. The number of hydrogen-bond donors (Lipinski definition) is 1. The molecule has 4 nitrogen and oxygen atoms in total. The number of carbonyl (C=O) groups excluding carboxylic acids is 1. The maximum Gasteiger partial charge on any atom is 0.239 e. The van der Waals surface area contributed by atoms with E-state index in [-0.39, 0.29) is 10.3 Å². The number of rotatable bonds is 4. The molecule has 1 N–H and O–H groups in total. The highest BCUT2D eigenvalue weighted by atomic mass is 32.2. The van der Waals surface area contributed by atoms with Crippen molar-refractivity contribution in [1.29, 1.82) is 0 Å². The van der Waals surface area contributed by atoms with E-state index in [9.17, 15) is 13.2 Å². The van der Waals surface area contributed by atoms with Crippen LogP contribution >= 0.6 is 0 Å². The highest BCUT2D eigenvalue weighted by Gasteiger charge is 2.19. The molecular formula is C19H23NO3S. The summed E-state index contributed by atoms with van der Waals surface area (Å²) < 4.78 is 24.5. The fraction of sp³-hybridized carbons (Fsp3) is 0.316. The third-order valence-corrected chi connectivity index (χ3v) is 5.37. The maximum absolute atomic E-state index is 12.3. The molecule has 5 heteroatoms. The predicted octanol–water partition coefficient (Wildman–Crippen LogP) is 3.70. The van der Waals surface area contributed by atoms with Gasteiger partial charge in [0.05, 0.1) is 4.90 Å². The molecule has 1 amide bonds. The van der Waals surface area contributed by atoms with Crippen molar-refractivity contribution in [2.24, 2.45) is 0 Å². The van der Waals surface area contributed by atoms with Crippen LogP contribution < -0.4 is 5.32 Å². The minimum absolute atomic E-state index is 0.0251. The first-order valence-corrected chi connectivity index (χ1v) is 9.43. The Morgan fingerprint density at radius 1 is 0.958 bits per heavy atom. The first-order chi connectivity index (χ1) is 11.1. The maximum atomic E-state index is 12.3. The van der Waals surface area contributed by atoms with Gasteiger partial charge in [-0.2, -0.15) is 0 Å². The Morgan fingerprint density at radius 2 is 1.50 bits per heavy atom. The van der Waals surface area contributed by atoms with Gasteiger partial charge < -0.3 is 5.32 Å². The molecule has 0 aliphatic carbocycles. The van der Waals surface area contributed by atoms with Crippen LogP contribution in [0.5, 0.6) is 0 Å². The molecule has 0 spiro atoms. The molecule has 0 fully saturated rings. The summed E-state index contributed by atoms with van der Waals surface area (Å²) in [6.07, 6.45) is 0. The fourth-order valence-corrected chi connectivity index (χ4v) is 3.39. The molecule has 0 heterocycles. The number of hydrogen-bond acceptors (Lipinski definition) is 3.